The average Bonchev–Trinajstić information content (AvgIpc) is 2.70. The molecular formula is C11H5ClF3NO3. The van der Waals surface area contributed by atoms with Gasteiger partial charge < -0.3 is 9.63 Å². The van der Waals surface area contributed by atoms with E-state index in [1.54, 1.807) is 0 Å². The molecule has 1 aromatic carbocycles. The lowest BCUT2D eigenvalue weighted by Gasteiger charge is -2.06. The summed E-state index contributed by atoms with van der Waals surface area (Å²) in [7, 11) is 0. The predicted molar refractivity (Wildman–Crippen MR) is 58.9 cm³/mol. The van der Waals surface area contributed by atoms with Gasteiger partial charge in [0.25, 0.3) is 5.76 Å². The molecule has 2 rings (SSSR count). The molecule has 0 saturated heterocycles. The fraction of sp³-hybridized carbons (Fsp3) is 0.0909. The summed E-state index contributed by atoms with van der Waals surface area (Å²) in [6.45, 7) is 0. The van der Waals surface area contributed by atoms with Gasteiger partial charge in [-0.15, -0.1) is 0 Å². The van der Waals surface area contributed by atoms with Gasteiger partial charge >= 0.3 is 12.1 Å². The van der Waals surface area contributed by atoms with Gasteiger partial charge in [-0.05, 0) is 12.1 Å². The van der Waals surface area contributed by atoms with Gasteiger partial charge in [0.15, 0.2) is 0 Å². The van der Waals surface area contributed by atoms with E-state index in [1.807, 2.05) is 0 Å². The number of aromatic carboxylic acids is 1. The summed E-state index contributed by atoms with van der Waals surface area (Å²) in [6, 6.07) is 3.97. The Hall–Kier alpha value is -2.02. The molecule has 0 fully saturated rings. The summed E-state index contributed by atoms with van der Waals surface area (Å²) < 4.78 is 41.6. The number of hydrogen-bond donors (Lipinski definition) is 1. The standard InChI is InChI=1S/C11H5ClF3NO3/c12-7-8(16-19-9(7)10(17)18)5-1-3-6(4-2-5)11(13,14)15/h1-4H,(H,17,18). The van der Waals surface area contributed by atoms with Crippen LogP contribution in [0, 0.1) is 0 Å². The minimum absolute atomic E-state index is 0.0206. The molecule has 4 nitrogen and oxygen atoms in total. The highest BCUT2D eigenvalue weighted by molar-refractivity contribution is 6.35. The lowest BCUT2D eigenvalue weighted by Crippen LogP contribution is -2.04. The summed E-state index contributed by atoms with van der Waals surface area (Å²) in [5.74, 6) is -1.97. The Bertz CT molecular complexity index is 619. The third-order valence-electron chi connectivity index (χ3n) is 2.32. The SMILES string of the molecule is O=C(O)c1onc(-c2ccc(C(F)(F)F)cc2)c1Cl. The van der Waals surface area contributed by atoms with E-state index in [9.17, 15) is 18.0 Å². The van der Waals surface area contributed by atoms with Crippen molar-refractivity contribution in [1.82, 2.24) is 5.16 Å². The van der Waals surface area contributed by atoms with Crippen LogP contribution in [0.25, 0.3) is 11.3 Å². The molecule has 1 heterocycles. The van der Waals surface area contributed by atoms with Crippen LogP contribution in [-0.2, 0) is 6.18 Å². The Balaban J connectivity index is 2.41. The number of carboxylic acids is 1. The van der Waals surface area contributed by atoms with Crippen LogP contribution in [0.2, 0.25) is 5.02 Å². The van der Waals surface area contributed by atoms with Crippen LogP contribution in [0.4, 0.5) is 13.2 Å². The molecule has 2 aromatic rings. The van der Waals surface area contributed by atoms with E-state index >= 15 is 0 Å². The zero-order valence-corrected chi connectivity index (χ0v) is 9.79. The molecule has 19 heavy (non-hydrogen) atoms. The molecule has 0 aliphatic heterocycles. The quantitative estimate of drug-likeness (QED) is 0.916. The number of nitrogens with zero attached hydrogens (tertiary/aromatic N) is 1. The number of alkyl halides is 3. The number of carbonyl (C=O) groups is 1. The third-order valence-corrected chi connectivity index (χ3v) is 2.67. The molecule has 0 aliphatic carbocycles. The molecule has 0 bridgehead atoms. The summed E-state index contributed by atoms with van der Waals surface area (Å²) in [6.07, 6.45) is -4.45. The minimum Gasteiger partial charge on any atom is -0.475 e. The molecule has 0 unspecified atom stereocenters. The van der Waals surface area contributed by atoms with Gasteiger partial charge in [0, 0.05) is 5.56 Å². The van der Waals surface area contributed by atoms with E-state index in [2.05, 4.69) is 9.68 Å². The van der Waals surface area contributed by atoms with Gasteiger partial charge in [-0.3, -0.25) is 0 Å². The first kappa shape index (κ1) is 13.4. The number of hydrogen-bond acceptors (Lipinski definition) is 3. The fourth-order valence-electron chi connectivity index (χ4n) is 1.41. The summed E-state index contributed by atoms with van der Waals surface area (Å²) in [4.78, 5) is 10.7. The van der Waals surface area contributed by atoms with Crippen molar-refractivity contribution < 1.29 is 27.6 Å². The second-order valence-electron chi connectivity index (χ2n) is 3.55. The monoisotopic (exact) mass is 291 g/mol. The number of rotatable bonds is 2. The van der Waals surface area contributed by atoms with Crippen molar-refractivity contribution in [2.75, 3.05) is 0 Å². The summed E-state index contributed by atoms with van der Waals surface area (Å²) in [5, 5.41) is 11.9. The highest BCUT2D eigenvalue weighted by Crippen LogP contribution is 2.33. The van der Waals surface area contributed by atoms with Crippen molar-refractivity contribution in [2.45, 2.75) is 6.18 Å². The number of carboxylic acid groups (broad SMARTS) is 1. The Labute approximate surface area is 109 Å². The molecule has 0 atom stereocenters. The number of benzene rings is 1. The van der Waals surface area contributed by atoms with Crippen LogP contribution >= 0.6 is 11.6 Å². The van der Waals surface area contributed by atoms with Gasteiger partial charge in [-0.1, -0.05) is 28.9 Å². The topological polar surface area (TPSA) is 63.3 Å². The van der Waals surface area contributed by atoms with Crippen molar-refractivity contribution in [1.29, 1.82) is 0 Å². The van der Waals surface area contributed by atoms with Gasteiger partial charge in [0.05, 0.1) is 5.56 Å². The van der Waals surface area contributed by atoms with E-state index in [1.165, 1.54) is 0 Å². The third kappa shape index (κ3) is 2.55. The van der Waals surface area contributed by atoms with Crippen molar-refractivity contribution in [2.24, 2.45) is 0 Å². The largest absolute Gasteiger partial charge is 0.475 e. The van der Waals surface area contributed by atoms with Crippen molar-refractivity contribution >= 4 is 17.6 Å². The summed E-state index contributed by atoms with van der Waals surface area (Å²) >= 11 is 5.72. The van der Waals surface area contributed by atoms with Crippen LogP contribution in [0.15, 0.2) is 28.8 Å². The van der Waals surface area contributed by atoms with E-state index < -0.39 is 23.5 Å². The lowest BCUT2D eigenvalue weighted by atomic mass is 10.1. The fourth-order valence-corrected chi connectivity index (χ4v) is 1.67. The maximum atomic E-state index is 12.4. The van der Waals surface area contributed by atoms with Crippen LogP contribution in [0.1, 0.15) is 16.1 Å². The number of halogens is 4. The minimum atomic E-state index is -4.45. The molecule has 8 heteroatoms. The maximum Gasteiger partial charge on any atom is 0.416 e. The predicted octanol–water partition coefficient (Wildman–Crippen LogP) is 3.71. The van der Waals surface area contributed by atoms with Crippen LogP contribution in [0.5, 0.6) is 0 Å². The van der Waals surface area contributed by atoms with E-state index in [4.69, 9.17) is 16.7 Å². The molecule has 0 spiro atoms. The molecule has 1 N–H and O–H groups in total. The zero-order chi connectivity index (χ0) is 14.2. The lowest BCUT2D eigenvalue weighted by molar-refractivity contribution is -0.137. The van der Waals surface area contributed by atoms with Crippen LogP contribution < -0.4 is 0 Å². The molecular weight excluding hydrogens is 287 g/mol. The molecule has 0 radical (unpaired) electrons. The van der Waals surface area contributed by atoms with E-state index in [-0.39, 0.29) is 16.3 Å². The zero-order valence-electron chi connectivity index (χ0n) is 9.03. The highest BCUT2D eigenvalue weighted by atomic mass is 35.5. The second-order valence-corrected chi connectivity index (χ2v) is 3.93. The summed E-state index contributed by atoms with van der Waals surface area (Å²) in [5.41, 5.74) is -0.614. The van der Waals surface area contributed by atoms with Crippen LogP contribution in [0.3, 0.4) is 0 Å². The van der Waals surface area contributed by atoms with E-state index in [0.717, 1.165) is 24.3 Å². The molecule has 0 amide bonds. The van der Waals surface area contributed by atoms with Crippen molar-refractivity contribution in [3.05, 3.63) is 40.6 Å². The smallest absolute Gasteiger partial charge is 0.416 e. The Morgan fingerprint density at radius 2 is 1.84 bits per heavy atom. The molecule has 0 saturated carbocycles. The average molecular weight is 292 g/mol. The Kier molecular flexibility index (Phi) is 3.23. The first-order valence-corrected chi connectivity index (χ1v) is 5.24. The van der Waals surface area contributed by atoms with Gasteiger partial charge in [0.2, 0.25) is 0 Å². The van der Waals surface area contributed by atoms with Crippen LogP contribution in [-0.4, -0.2) is 16.2 Å². The van der Waals surface area contributed by atoms with Gasteiger partial charge in [-0.25, -0.2) is 4.79 Å². The number of aromatic nitrogens is 1. The highest BCUT2D eigenvalue weighted by Gasteiger charge is 2.30. The van der Waals surface area contributed by atoms with Gasteiger partial charge in [-0.2, -0.15) is 13.2 Å². The first-order chi connectivity index (χ1) is 8.80. The normalized spacial score (nSPS) is 11.6. The van der Waals surface area contributed by atoms with Crippen molar-refractivity contribution in [3.63, 3.8) is 0 Å². The van der Waals surface area contributed by atoms with Gasteiger partial charge in [0.1, 0.15) is 10.7 Å². The van der Waals surface area contributed by atoms with E-state index in [0.29, 0.717) is 0 Å². The van der Waals surface area contributed by atoms with Crippen molar-refractivity contribution in [3.8, 4) is 11.3 Å². The Morgan fingerprint density at radius 1 is 1.26 bits per heavy atom. The molecule has 100 valence electrons. The molecule has 1 aromatic heterocycles. The Morgan fingerprint density at radius 3 is 2.26 bits per heavy atom. The first-order valence-electron chi connectivity index (χ1n) is 4.87. The molecule has 0 aliphatic rings. The maximum absolute atomic E-state index is 12.4. The second kappa shape index (κ2) is 4.58.